The lowest BCUT2D eigenvalue weighted by atomic mass is 9.79. The molecule has 2 atom stereocenters. The molecule has 0 aliphatic carbocycles. The molecule has 0 saturated carbocycles. The number of hydrogen-bond acceptors (Lipinski definition) is 3. The van der Waals surface area contributed by atoms with Crippen LogP contribution >= 0.6 is 0 Å². The number of alkyl halides is 6. The van der Waals surface area contributed by atoms with Crippen molar-refractivity contribution in [2.75, 3.05) is 18.9 Å². The zero-order valence-electron chi connectivity index (χ0n) is 16.6. The first kappa shape index (κ1) is 23.4. The molecule has 11 heteroatoms. The topological polar surface area (TPSA) is 58.6 Å². The Hall–Kier alpha value is -3.24. The van der Waals surface area contributed by atoms with Crippen LogP contribution in [0.3, 0.4) is 0 Å². The monoisotopic (exact) mass is 460 g/mol. The standard InChI is InChI=1S/C21H18F6N2O3/c1-29-11-10-14(12-6-8-13(9-7-12)32-21(25,26)27)17(19(29)31)18(30)28-16-5-3-2-4-15(16)20(22,23)24/h2-9,14,17H,10-11H2,1H3,(H,28,30)/t14-,17+/m1/s1. The number of halogens is 6. The van der Waals surface area contributed by atoms with Crippen LogP contribution in [0, 0.1) is 5.92 Å². The highest BCUT2D eigenvalue weighted by atomic mass is 19.4. The van der Waals surface area contributed by atoms with Gasteiger partial charge in [-0.1, -0.05) is 24.3 Å². The van der Waals surface area contributed by atoms with Crippen molar-refractivity contribution in [1.29, 1.82) is 0 Å². The van der Waals surface area contributed by atoms with Gasteiger partial charge in [0, 0.05) is 19.5 Å². The average Bonchev–Trinajstić information content (AvgIpc) is 2.69. The van der Waals surface area contributed by atoms with Gasteiger partial charge in [-0.2, -0.15) is 13.2 Å². The Morgan fingerprint density at radius 3 is 2.25 bits per heavy atom. The molecule has 2 aromatic rings. The van der Waals surface area contributed by atoms with E-state index in [-0.39, 0.29) is 6.54 Å². The number of rotatable bonds is 4. The highest BCUT2D eigenvalue weighted by Crippen LogP contribution is 2.38. The fraction of sp³-hybridized carbons (Fsp3) is 0.333. The molecule has 1 N–H and O–H groups in total. The van der Waals surface area contributed by atoms with Crippen LogP contribution in [-0.4, -0.2) is 36.7 Å². The first-order valence-electron chi connectivity index (χ1n) is 9.44. The van der Waals surface area contributed by atoms with E-state index in [9.17, 15) is 35.9 Å². The smallest absolute Gasteiger partial charge is 0.406 e. The summed E-state index contributed by atoms with van der Waals surface area (Å²) in [5.41, 5.74) is -1.15. The van der Waals surface area contributed by atoms with E-state index in [1.54, 1.807) is 0 Å². The van der Waals surface area contributed by atoms with Gasteiger partial charge in [0.05, 0.1) is 11.3 Å². The molecule has 2 aromatic carbocycles. The third kappa shape index (κ3) is 5.32. The number of hydrogen-bond donors (Lipinski definition) is 1. The van der Waals surface area contributed by atoms with Crippen molar-refractivity contribution in [2.24, 2.45) is 5.92 Å². The van der Waals surface area contributed by atoms with E-state index in [1.165, 1.54) is 36.2 Å². The van der Waals surface area contributed by atoms with E-state index < -0.39 is 53.2 Å². The number of nitrogens with one attached hydrogen (secondary N) is 1. The maximum Gasteiger partial charge on any atom is 0.573 e. The minimum atomic E-state index is -4.88. The van der Waals surface area contributed by atoms with Crippen LogP contribution in [0.1, 0.15) is 23.5 Å². The molecule has 1 aliphatic rings. The second-order valence-corrected chi connectivity index (χ2v) is 7.28. The molecule has 3 rings (SSSR count). The van der Waals surface area contributed by atoms with Crippen LogP contribution in [0.25, 0.3) is 0 Å². The van der Waals surface area contributed by atoms with Gasteiger partial charge < -0.3 is 15.0 Å². The normalized spacial score (nSPS) is 19.6. The first-order chi connectivity index (χ1) is 14.9. The minimum Gasteiger partial charge on any atom is -0.406 e. The number of ether oxygens (including phenoxy) is 1. The predicted molar refractivity (Wildman–Crippen MR) is 102 cm³/mol. The van der Waals surface area contributed by atoms with Gasteiger partial charge in [0.15, 0.2) is 0 Å². The van der Waals surface area contributed by atoms with Gasteiger partial charge in [-0.25, -0.2) is 0 Å². The molecule has 0 unspecified atom stereocenters. The number of para-hydroxylation sites is 1. The molecule has 5 nitrogen and oxygen atoms in total. The van der Waals surface area contributed by atoms with E-state index in [0.717, 1.165) is 24.3 Å². The molecule has 1 saturated heterocycles. The number of carbonyl (C=O) groups is 2. The molecule has 0 aromatic heterocycles. The van der Waals surface area contributed by atoms with Gasteiger partial charge in [0.25, 0.3) is 0 Å². The molecule has 0 spiro atoms. The summed E-state index contributed by atoms with van der Waals surface area (Å²) in [6.07, 6.45) is -9.30. The fourth-order valence-corrected chi connectivity index (χ4v) is 3.64. The van der Waals surface area contributed by atoms with Crippen LogP contribution in [0.4, 0.5) is 32.0 Å². The van der Waals surface area contributed by atoms with Gasteiger partial charge in [-0.15, -0.1) is 13.2 Å². The second kappa shape index (κ2) is 8.71. The molecule has 0 radical (unpaired) electrons. The van der Waals surface area contributed by atoms with Crippen LogP contribution in [0.2, 0.25) is 0 Å². The van der Waals surface area contributed by atoms with Crippen molar-refractivity contribution in [1.82, 2.24) is 4.90 Å². The number of nitrogens with zero attached hydrogens (tertiary/aromatic N) is 1. The van der Waals surface area contributed by atoms with E-state index in [2.05, 4.69) is 10.1 Å². The maximum absolute atomic E-state index is 13.3. The van der Waals surface area contributed by atoms with Gasteiger partial charge in [-0.3, -0.25) is 9.59 Å². The summed E-state index contributed by atoms with van der Waals surface area (Å²) in [4.78, 5) is 27.0. The van der Waals surface area contributed by atoms with Crippen LogP contribution in [0.15, 0.2) is 48.5 Å². The molecule has 1 fully saturated rings. The number of likely N-dealkylation sites (tertiary alicyclic amines) is 1. The molecular formula is C21H18F6N2O3. The van der Waals surface area contributed by atoms with E-state index in [1.807, 2.05) is 0 Å². The summed E-state index contributed by atoms with van der Waals surface area (Å²) < 4.78 is 80.7. The van der Waals surface area contributed by atoms with Crippen molar-refractivity contribution in [3.05, 3.63) is 59.7 Å². The van der Waals surface area contributed by atoms with Crippen LogP contribution in [-0.2, 0) is 15.8 Å². The molecule has 0 bridgehead atoms. The summed E-state index contributed by atoms with van der Waals surface area (Å²) in [5, 5.41) is 2.20. The fourth-order valence-electron chi connectivity index (χ4n) is 3.64. The van der Waals surface area contributed by atoms with Crippen molar-refractivity contribution >= 4 is 17.5 Å². The summed E-state index contributed by atoms with van der Waals surface area (Å²) in [6, 6.07) is 9.08. The van der Waals surface area contributed by atoms with Crippen LogP contribution < -0.4 is 10.1 Å². The van der Waals surface area contributed by atoms with Crippen molar-refractivity contribution < 1.29 is 40.7 Å². The molecule has 172 valence electrons. The summed E-state index contributed by atoms with van der Waals surface area (Å²) in [6.45, 7) is 0.271. The lowest BCUT2D eigenvalue weighted by Gasteiger charge is -2.35. The third-order valence-corrected chi connectivity index (χ3v) is 5.13. The quantitative estimate of drug-likeness (QED) is 0.527. The summed E-state index contributed by atoms with van der Waals surface area (Å²) in [5.74, 6) is -4.10. The Bertz CT molecular complexity index is 988. The zero-order valence-corrected chi connectivity index (χ0v) is 16.6. The Balaban J connectivity index is 1.88. The highest BCUT2D eigenvalue weighted by Gasteiger charge is 2.42. The maximum atomic E-state index is 13.3. The Morgan fingerprint density at radius 2 is 1.66 bits per heavy atom. The van der Waals surface area contributed by atoms with E-state index in [4.69, 9.17) is 0 Å². The van der Waals surface area contributed by atoms with Crippen molar-refractivity contribution in [2.45, 2.75) is 24.9 Å². The van der Waals surface area contributed by atoms with E-state index in [0.29, 0.717) is 12.0 Å². The lowest BCUT2D eigenvalue weighted by Crippen LogP contribution is -2.47. The van der Waals surface area contributed by atoms with Gasteiger partial charge in [-0.05, 0) is 36.2 Å². The number of benzene rings is 2. The number of piperidine rings is 1. The van der Waals surface area contributed by atoms with Crippen molar-refractivity contribution in [3.63, 3.8) is 0 Å². The Morgan fingerprint density at radius 1 is 1.03 bits per heavy atom. The first-order valence-corrected chi connectivity index (χ1v) is 9.44. The highest BCUT2D eigenvalue weighted by molar-refractivity contribution is 6.08. The SMILES string of the molecule is CN1CC[C@H](c2ccc(OC(F)(F)F)cc2)[C@@H](C(=O)Nc2ccccc2C(F)(F)F)C1=O. The molecular weight excluding hydrogens is 442 g/mol. The lowest BCUT2D eigenvalue weighted by molar-refractivity contribution is -0.274. The number of anilines is 1. The minimum absolute atomic E-state index is 0.271. The molecule has 1 aliphatic heterocycles. The third-order valence-electron chi connectivity index (χ3n) is 5.13. The predicted octanol–water partition coefficient (Wildman–Crippen LogP) is 4.80. The Kier molecular flexibility index (Phi) is 6.38. The Labute approximate surface area is 179 Å². The summed E-state index contributed by atoms with van der Waals surface area (Å²) in [7, 11) is 1.46. The number of carbonyl (C=O) groups excluding carboxylic acids is 2. The zero-order chi connectivity index (χ0) is 23.7. The second-order valence-electron chi connectivity index (χ2n) is 7.28. The van der Waals surface area contributed by atoms with E-state index >= 15 is 0 Å². The van der Waals surface area contributed by atoms with Gasteiger partial charge in [0.2, 0.25) is 11.8 Å². The van der Waals surface area contributed by atoms with Crippen LogP contribution in [0.5, 0.6) is 5.75 Å². The van der Waals surface area contributed by atoms with Gasteiger partial charge >= 0.3 is 12.5 Å². The molecule has 1 heterocycles. The molecule has 32 heavy (non-hydrogen) atoms. The van der Waals surface area contributed by atoms with Gasteiger partial charge in [0.1, 0.15) is 11.7 Å². The van der Waals surface area contributed by atoms with Crippen molar-refractivity contribution in [3.8, 4) is 5.75 Å². The summed E-state index contributed by atoms with van der Waals surface area (Å²) >= 11 is 0. The largest absolute Gasteiger partial charge is 0.573 e. The number of amides is 2. The molecule has 2 amide bonds. The average molecular weight is 460 g/mol.